The Morgan fingerprint density at radius 3 is 1.09 bits per heavy atom. The highest BCUT2D eigenvalue weighted by Crippen LogP contribution is 2.16. The van der Waals surface area contributed by atoms with Crippen LogP contribution < -0.4 is 10.0 Å². The summed E-state index contributed by atoms with van der Waals surface area (Å²) in [5, 5.41) is 2.74. The second kappa shape index (κ2) is 41.5. The Morgan fingerprint density at radius 2 is 0.753 bits per heavy atom. The van der Waals surface area contributed by atoms with Crippen molar-refractivity contribution in [1.29, 1.82) is 0 Å². The van der Waals surface area contributed by atoms with Crippen molar-refractivity contribution < 1.29 is 118 Å². The molecule has 12 heterocycles. The van der Waals surface area contributed by atoms with Gasteiger partial charge in [-0.2, -0.15) is 34.5 Å². The van der Waals surface area contributed by atoms with Gasteiger partial charge in [0.15, 0.2) is 26.5 Å². The second-order valence-corrected chi connectivity index (χ2v) is 38.7. The molecule has 0 aromatic rings. The minimum Gasteiger partial charge on any atom is -0.379 e. The van der Waals surface area contributed by atoms with E-state index in [1.807, 2.05) is 0 Å². The largest absolute Gasteiger partial charge is 0.379 e. The third-order valence-electron chi connectivity index (χ3n) is 14.6. The Bertz CT molecular complexity index is 2880. The van der Waals surface area contributed by atoms with Gasteiger partial charge >= 0.3 is 0 Å². The van der Waals surface area contributed by atoms with Crippen LogP contribution in [0.5, 0.6) is 0 Å². The fraction of sp³-hybridized carbons (Fsp3) is 1.00. The summed E-state index contributed by atoms with van der Waals surface area (Å²) >= 11 is 0. The van der Waals surface area contributed by atoms with Crippen LogP contribution in [0.1, 0.15) is 45.4 Å². The second-order valence-electron chi connectivity index (χ2n) is 22.4. The van der Waals surface area contributed by atoms with Crippen molar-refractivity contribution in [2.75, 3.05) is 257 Å². The van der Waals surface area contributed by atoms with E-state index in [1.165, 1.54) is 23.6 Å². The molecule has 0 amide bonds. The molecule has 12 saturated heterocycles. The van der Waals surface area contributed by atoms with E-state index < -0.39 is 80.0 Å². The van der Waals surface area contributed by atoms with Crippen LogP contribution in [-0.4, -0.2) is 368 Å². The number of likely N-dealkylation sites (tertiary alicyclic amines) is 1. The molecule has 0 aromatic carbocycles. The van der Waals surface area contributed by atoms with Crippen molar-refractivity contribution in [2.45, 2.75) is 51.7 Å². The normalized spacial score (nSPS) is 29.2. The molecule has 2 N–H and O–H groups in total. The molecule has 45 heteroatoms. The summed E-state index contributed by atoms with van der Waals surface area (Å²) in [4.78, 5) is 11.3. The van der Waals surface area contributed by atoms with Crippen LogP contribution in [-0.2, 0) is 131 Å². The van der Waals surface area contributed by atoms with E-state index in [0.29, 0.717) is 71.0 Å². The molecule has 0 radical (unpaired) electrons. The molecule has 12 aliphatic rings. The van der Waals surface area contributed by atoms with E-state index in [0.717, 1.165) is 107 Å². The van der Waals surface area contributed by atoms with Gasteiger partial charge in [0.2, 0.25) is 40.1 Å². The SMILES string of the molecule is C1COCN(CN2CCCOC2)C1.CC1NS(=O)(=O)CCO1.O=S1(=O)CCN(CN2CCCOC2)CC1.O=S1(=O)CCNCO1.O=S1(=O)CCOCC1.O=S1(=O)CCOCN1CN1CCCCC1.O=S1(=O)CCOCN1CN1COCCS1(=O)=O.O=S1(=O)CCOCO1. The molecule has 0 spiro atoms. The smallest absolute Gasteiger partial charge is 0.271 e. The van der Waals surface area contributed by atoms with Crippen LogP contribution >= 0.6 is 0 Å². The third-order valence-corrected chi connectivity index (χ3v) is 26.6. The van der Waals surface area contributed by atoms with Gasteiger partial charge in [-0.3, -0.25) is 34.0 Å². The summed E-state index contributed by atoms with van der Waals surface area (Å²) < 4.78 is 236. The van der Waals surface area contributed by atoms with Crippen molar-refractivity contribution in [3.63, 3.8) is 0 Å². The number of rotatable bonds is 8. The van der Waals surface area contributed by atoms with Gasteiger partial charge in [0, 0.05) is 59.1 Å². The summed E-state index contributed by atoms with van der Waals surface area (Å²) in [6.45, 7) is 17.9. The van der Waals surface area contributed by atoms with E-state index >= 15 is 0 Å². The number of ether oxygens (including phenoxy) is 9. The maximum atomic E-state index is 11.7. The number of nitrogens with zero attached hydrogens (tertiary/aromatic N) is 8. The van der Waals surface area contributed by atoms with Gasteiger partial charge in [-0.25, -0.2) is 54.7 Å². The molecule has 550 valence electrons. The van der Waals surface area contributed by atoms with Gasteiger partial charge in [-0.05, 0) is 52.1 Å². The van der Waals surface area contributed by atoms with Crippen molar-refractivity contribution in [2.24, 2.45) is 0 Å². The first-order chi connectivity index (χ1) is 43.9. The average Bonchev–Trinajstić information content (AvgIpc) is 1.17. The van der Waals surface area contributed by atoms with Crippen molar-refractivity contribution >= 4 is 80.0 Å². The van der Waals surface area contributed by atoms with Gasteiger partial charge in [-0.15, -0.1) is 0 Å². The van der Waals surface area contributed by atoms with Crippen LogP contribution in [0.25, 0.3) is 0 Å². The van der Waals surface area contributed by atoms with Crippen LogP contribution in [0.15, 0.2) is 0 Å². The molecule has 12 rings (SSSR count). The Morgan fingerprint density at radius 1 is 0.344 bits per heavy atom. The van der Waals surface area contributed by atoms with Crippen molar-refractivity contribution in [3.05, 3.63) is 0 Å². The number of hydrogen-bond acceptors (Lipinski definition) is 33. The van der Waals surface area contributed by atoms with E-state index in [2.05, 4.69) is 47.6 Å². The number of nitrogens with one attached hydrogen (secondary N) is 2. The van der Waals surface area contributed by atoms with Gasteiger partial charge in [0.25, 0.3) is 20.2 Å². The average molecular weight is 1500 g/mol. The monoisotopic (exact) mass is 1500 g/mol. The van der Waals surface area contributed by atoms with Crippen molar-refractivity contribution in [3.8, 4) is 0 Å². The number of sulfone groups is 2. The van der Waals surface area contributed by atoms with E-state index in [-0.39, 0.29) is 112 Å². The minimum absolute atomic E-state index is 0.0208. The highest BCUT2D eigenvalue weighted by Gasteiger charge is 2.35. The van der Waals surface area contributed by atoms with Crippen LogP contribution in [0, 0.1) is 0 Å². The molecule has 12 fully saturated rings. The number of hydrogen-bond donors (Lipinski definition) is 2. The van der Waals surface area contributed by atoms with Gasteiger partial charge in [0.05, 0.1) is 151 Å². The quantitative estimate of drug-likeness (QED) is 0.215. The molecule has 0 aromatic heterocycles. The predicted octanol–water partition coefficient (Wildman–Crippen LogP) is -5.18. The fourth-order valence-corrected chi connectivity index (χ4v) is 17.5. The topological polar surface area (TPSA) is 425 Å². The zero-order chi connectivity index (χ0) is 67.9. The molecular weight excluding hydrogens is 1410 g/mol. The van der Waals surface area contributed by atoms with Crippen molar-refractivity contribution in [1.82, 2.24) is 47.5 Å². The Hall–Kier alpha value is -1.24. The fourth-order valence-electron chi connectivity index (χ4n) is 9.35. The maximum Gasteiger partial charge on any atom is 0.271 e. The summed E-state index contributed by atoms with van der Waals surface area (Å²) in [6.07, 6.45) is 6.66. The van der Waals surface area contributed by atoms with E-state index in [9.17, 15) is 67.3 Å². The molecule has 0 saturated carbocycles. The van der Waals surface area contributed by atoms with E-state index in [4.69, 9.17) is 37.9 Å². The molecule has 1 unspecified atom stereocenters. The lowest BCUT2D eigenvalue weighted by atomic mass is 10.1. The Kier molecular flexibility index (Phi) is 36.8. The molecule has 0 bridgehead atoms. The third kappa shape index (κ3) is 35.1. The molecular formula is C48H98N10O27S8. The highest BCUT2D eigenvalue weighted by atomic mass is 32.2. The van der Waals surface area contributed by atoms with Crippen LogP contribution in [0.4, 0.5) is 0 Å². The zero-order valence-electron chi connectivity index (χ0n) is 53.0. The minimum atomic E-state index is -3.43. The lowest BCUT2D eigenvalue weighted by Crippen LogP contribution is -2.51. The van der Waals surface area contributed by atoms with Gasteiger partial charge in [-0.1, -0.05) is 6.42 Å². The highest BCUT2D eigenvalue weighted by molar-refractivity contribution is 7.92. The number of sulfonamides is 4. The van der Waals surface area contributed by atoms with Crippen LogP contribution in [0.2, 0.25) is 0 Å². The lowest BCUT2D eigenvalue weighted by Gasteiger charge is -2.34. The predicted molar refractivity (Wildman–Crippen MR) is 336 cm³/mol. The first-order valence-corrected chi connectivity index (χ1v) is 43.9. The molecule has 0 aliphatic carbocycles. The summed E-state index contributed by atoms with van der Waals surface area (Å²) in [5.74, 6) is 1.05. The summed E-state index contributed by atoms with van der Waals surface area (Å²) in [6, 6.07) is 0. The van der Waals surface area contributed by atoms with Crippen LogP contribution in [0.3, 0.4) is 0 Å². The zero-order valence-corrected chi connectivity index (χ0v) is 59.5. The first-order valence-electron chi connectivity index (χ1n) is 30.6. The first kappa shape index (κ1) is 82.4. The Labute approximate surface area is 550 Å². The summed E-state index contributed by atoms with van der Waals surface area (Å²) in [5.41, 5.74) is 0. The molecule has 12 aliphatic heterocycles. The van der Waals surface area contributed by atoms with E-state index in [1.54, 1.807) is 6.92 Å². The van der Waals surface area contributed by atoms with Gasteiger partial charge in [0.1, 0.15) is 33.2 Å². The number of piperidine rings is 1. The standard InChI is InChI=1S/2C9H18N2O3S.C9H18N2O2.C7H14N2O6S2.C4H9NO3S.C4H8O3S.C3H7NO3S.C3H6O4S/c12-15(13)6-3-10(4-7-15)8-11-2-1-5-14-9-11;12-15(13)7-6-14-9-11(15)8-10-4-2-1-3-5-10;1-3-10(8-12-5-1)7-11-4-2-6-13-9-11;10-16(11)3-1-14-6-8(16)5-9-7-15-2-4-17(9,12)13;1-4-5-9(6,7)3-2-8-4;5-8(6)3-1-7-2-4-8;5-8(6)2-1-4-3-7-8;4-8(5)2-1-6-3-7-8/h2*1-9H2;1-9H2;1-7H2;4-5H,2-3H2,1H3;1-4H2;4H,1-3H2;1-3H2. The summed E-state index contributed by atoms with van der Waals surface area (Å²) in [7, 11) is -24.7. The van der Waals surface area contributed by atoms with Gasteiger partial charge < -0.3 is 42.6 Å². The molecule has 93 heavy (non-hydrogen) atoms. The molecule has 1 atom stereocenters. The Balaban J connectivity index is 0.000000196. The molecule has 37 nitrogen and oxygen atoms in total. The maximum absolute atomic E-state index is 11.7. The lowest BCUT2D eigenvalue weighted by molar-refractivity contribution is -0.0809.